The van der Waals surface area contributed by atoms with Gasteiger partial charge in [0.25, 0.3) is 5.91 Å². The number of aryl methyl sites for hydroxylation is 1. The monoisotopic (exact) mass is 268 g/mol. The number of hydrogen-bond acceptors (Lipinski definition) is 1. The number of amides is 1. The van der Waals surface area contributed by atoms with Crippen molar-refractivity contribution in [3.8, 4) is 0 Å². The summed E-state index contributed by atoms with van der Waals surface area (Å²) < 4.78 is 1.77. The molecule has 0 saturated heterocycles. The third kappa shape index (κ3) is 3.08. The number of nitrogens with one attached hydrogen (secondary N) is 1. The predicted molar refractivity (Wildman–Crippen MR) is 73.9 cm³/mol. The van der Waals surface area contributed by atoms with Crippen LogP contribution in [-0.2, 0) is 7.05 Å². The molecule has 1 amide bonds. The number of hydrogen-bond donors (Lipinski definition) is 1. The molecule has 18 heavy (non-hydrogen) atoms. The van der Waals surface area contributed by atoms with Gasteiger partial charge in [0.15, 0.2) is 0 Å². The Balaban J connectivity index is 1.90. The first-order chi connectivity index (χ1) is 8.60. The maximum Gasteiger partial charge on any atom is 0.268 e. The van der Waals surface area contributed by atoms with Gasteiger partial charge in [0.2, 0.25) is 0 Å². The van der Waals surface area contributed by atoms with Gasteiger partial charge >= 0.3 is 0 Å². The number of carbonyl (C=O) groups excluding carboxylic acids is 1. The zero-order chi connectivity index (χ0) is 13.1. The largest absolute Gasteiger partial charge is 0.348 e. The van der Waals surface area contributed by atoms with Crippen molar-refractivity contribution < 1.29 is 4.79 Å². The van der Waals surface area contributed by atoms with Crippen molar-refractivity contribution in [2.75, 3.05) is 0 Å². The highest BCUT2D eigenvalue weighted by Crippen LogP contribution is 2.26. The molecule has 1 aromatic rings. The van der Waals surface area contributed by atoms with Gasteiger partial charge in [0, 0.05) is 19.3 Å². The van der Waals surface area contributed by atoms with Gasteiger partial charge in [0.1, 0.15) is 5.69 Å². The molecule has 0 bridgehead atoms. The SMILES string of the molecule is CCC1CCC(NC(=O)c2cc(Cl)cn2C)CC1. The van der Waals surface area contributed by atoms with Gasteiger partial charge in [-0.05, 0) is 37.7 Å². The molecule has 0 spiro atoms. The van der Waals surface area contributed by atoms with Gasteiger partial charge in [-0.3, -0.25) is 4.79 Å². The third-order valence-electron chi connectivity index (χ3n) is 3.96. The Hall–Kier alpha value is -0.960. The van der Waals surface area contributed by atoms with E-state index in [9.17, 15) is 4.79 Å². The molecule has 0 aliphatic heterocycles. The second-order valence-corrected chi connectivity index (χ2v) is 5.69. The molecule has 3 nitrogen and oxygen atoms in total. The van der Waals surface area contributed by atoms with Crippen molar-refractivity contribution in [2.45, 2.75) is 45.1 Å². The highest BCUT2D eigenvalue weighted by molar-refractivity contribution is 6.31. The van der Waals surface area contributed by atoms with Crippen LogP contribution in [0.15, 0.2) is 12.3 Å². The molecule has 0 aromatic carbocycles. The molecule has 100 valence electrons. The lowest BCUT2D eigenvalue weighted by atomic mass is 9.84. The molecule has 1 N–H and O–H groups in total. The van der Waals surface area contributed by atoms with Crippen LogP contribution in [0.25, 0.3) is 0 Å². The molecular weight excluding hydrogens is 248 g/mol. The summed E-state index contributed by atoms with van der Waals surface area (Å²) in [6, 6.07) is 2.04. The van der Waals surface area contributed by atoms with E-state index >= 15 is 0 Å². The predicted octanol–water partition coefficient (Wildman–Crippen LogP) is 3.38. The van der Waals surface area contributed by atoms with Crippen LogP contribution >= 0.6 is 11.6 Å². The van der Waals surface area contributed by atoms with E-state index in [2.05, 4.69) is 12.2 Å². The zero-order valence-corrected chi connectivity index (χ0v) is 11.8. The quantitative estimate of drug-likeness (QED) is 0.896. The summed E-state index contributed by atoms with van der Waals surface area (Å²) in [5.74, 6) is 0.840. The molecule has 0 radical (unpaired) electrons. The minimum atomic E-state index is -0.00986. The number of halogens is 1. The molecule has 0 atom stereocenters. The molecule has 1 aliphatic rings. The first-order valence-electron chi connectivity index (χ1n) is 6.73. The Morgan fingerprint density at radius 1 is 1.44 bits per heavy atom. The van der Waals surface area contributed by atoms with E-state index in [0.29, 0.717) is 16.8 Å². The Labute approximate surface area is 114 Å². The second kappa shape index (κ2) is 5.79. The van der Waals surface area contributed by atoms with Crippen molar-refractivity contribution in [3.05, 3.63) is 23.0 Å². The fourth-order valence-electron chi connectivity index (χ4n) is 2.72. The normalized spacial score (nSPS) is 23.9. The summed E-state index contributed by atoms with van der Waals surface area (Å²) in [5, 5.41) is 3.72. The van der Waals surface area contributed by atoms with Gasteiger partial charge in [-0.1, -0.05) is 24.9 Å². The van der Waals surface area contributed by atoms with Crippen molar-refractivity contribution >= 4 is 17.5 Å². The molecule has 4 heteroatoms. The highest BCUT2D eigenvalue weighted by atomic mass is 35.5. The zero-order valence-electron chi connectivity index (χ0n) is 11.1. The lowest BCUT2D eigenvalue weighted by Gasteiger charge is -2.28. The highest BCUT2D eigenvalue weighted by Gasteiger charge is 2.22. The number of aromatic nitrogens is 1. The summed E-state index contributed by atoms with van der Waals surface area (Å²) in [5.41, 5.74) is 0.637. The maximum absolute atomic E-state index is 12.1. The van der Waals surface area contributed by atoms with Crippen LogP contribution in [-0.4, -0.2) is 16.5 Å². The van der Waals surface area contributed by atoms with Crippen LogP contribution < -0.4 is 5.32 Å². The van der Waals surface area contributed by atoms with Crippen LogP contribution in [0.4, 0.5) is 0 Å². The van der Waals surface area contributed by atoms with Gasteiger partial charge in [-0.2, -0.15) is 0 Å². The molecular formula is C14H21ClN2O. The average molecular weight is 269 g/mol. The molecule has 1 fully saturated rings. The summed E-state index contributed by atoms with van der Waals surface area (Å²) in [7, 11) is 1.84. The van der Waals surface area contributed by atoms with Crippen molar-refractivity contribution in [2.24, 2.45) is 13.0 Å². The molecule has 1 saturated carbocycles. The van der Waals surface area contributed by atoms with Crippen LogP contribution in [0.1, 0.15) is 49.5 Å². The van der Waals surface area contributed by atoms with Gasteiger partial charge in [-0.25, -0.2) is 0 Å². The minimum Gasteiger partial charge on any atom is -0.348 e. The summed E-state index contributed by atoms with van der Waals surface area (Å²) in [6.07, 6.45) is 7.67. The number of rotatable bonds is 3. The lowest BCUT2D eigenvalue weighted by molar-refractivity contribution is 0.0913. The standard InChI is InChI=1S/C14H21ClN2O/c1-3-10-4-6-12(7-5-10)16-14(18)13-8-11(15)9-17(13)2/h8-10,12H,3-7H2,1-2H3,(H,16,18). The van der Waals surface area contributed by atoms with Gasteiger partial charge in [0.05, 0.1) is 5.02 Å². The van der Waals surface area contributed by atoms with E-state index in [4.69, 9.17) is 11.6 Å². The smallest absolute Gasteiger partial charge is 0.268 e. The fourth-order valence-corrected chi connectivity index (χ4v) is 2.97. The van der Waals surface area contributed by atoms with Crippen molar-refractivity contribution in [1.29, 1.82) is 0 Å². The van der Waals surface area contributed by atoms with Crippen LogP contribution in [0.5, 0.6) is 0 Å². The Morgan fingerprint density at radius 3 is 2.61 bits per heavy atom. The van der Waals surface area contributed by atoms with Crippen LogP contribution in [0, 0.1) is 5.92 Å². The van der Waals surface area contributed by atoms with E-state index in [0.717, 1.165) is 18.8 Å². The summed E-state index contributed by atoms with van der Waals surface area (Å²) >= 11 is 5.89. The number of carbonyl (C=O) groups is 1. The Kier molecular flexibility index (Phi) is 4.33. The second-order valence-electron chi connectivity index (χ2n) is 5.25. The van der Waals surface area contributed by atoms with E-state index in [1.54, 1.807) is 16.8 Å². The van der Waals surface area contributed by atoms with E-state index in [1.807, 2.05) is 7.05 Å². The average Bonchev–Trinajstić information content (AvgIpc) is 2.69. The molecule has 1 aliphatic carbocycles. The van der Waals surface area contributed by atoms with E-state index in [1.165, 1.54) is 19.3 Å². The van der Waals surface area contributed by atoms with Gasteiger partial charge in [-0.15, -0.1) is 0 Å². The third-order valence-corrected chi connectivity index (χ3v) is 4.17. The van der Waals surface area contributed by atoms with E-state index < -0.39 is 0 Å². The maximum atomic E-state index is 12.1. The van der Waals surface area contributed by atoms with Crippen LogP contribution in [0.3, 0.4) is 0 Å². The summed E-state index contributed by atoms with van der Waals surface area (Å²) in [4.78, 5) is 12.1. The van der Waals surface area contributed by atoms with Crippen molar-refractivity contribution in [3.63, 3.8) is 0 Å². The van der Waals surface area contributed by atoms with Gasteiger partial charge < -0.3 is 9.88 Å². The van der Waals surface area contributed by atoms with E-state index in [-0.39, 0.29) is 5.91 Å². The number of nitrogens with zero attached hydrogens (tertiary/aromatic N) is 1. The lowest BCUT2D eigenvalue weighted by Crippen LogP contribution is -2.38. The minimum absolute atomic E-state index is 0.00986. The molecule has 1 aromatic heterocycles. The first kappa shape index (κ1) is 13.5. The molecule has 1 heterocycles. The Morgan fingerprint density at radius 2 is 2.11 bits per heavy atom. The molecule has 2 rings (SSSR count). The van der Waals surface area contributed by atoms with Crippen molar-refractivity contribution in [1.82, 2.24) is 9.88 Å². The summed E-state index contributed by atoms with van der Waals surface area (Å²) in [6.45, 7) is 2.25. The molecule has 0 unspecified atom stereocenters. The fraction of sp³-hybridized carbons (Fsp3) is 0.643. The Bertz CT molecular complexity index is 419. The first-order valence-corrected chi connectivity index (χ1v) is 7.10. The topological polar surface area (TPSA) is 34.0 Å². The van der Waals surface area contributed by atoms with Crippen LogP contribution in [0.2, 0.25) is 5.02 Å².